The fourth-order valence-electron chi connectivity index (χ4n) is 5.60. The molecule has 3 rings (SSSR count). The van der Waals surface area contributed by atoms with Crippen LogP contribution < -0.4 is 0 Å². The lowest BCUT2D eigenvalue weighted by Gasteiger charge is -2.54. The number of carbonyl (C=O) groups excluding carboxylic acids is 4. The van der Waals surface area contributed by atoms with Crippen LogP contribution in [0.3, 0.4) is 0 Å². The number of aliphatic hydroxyl groups is 2. The molecule has 1 fully saturated rings. The molecule has 0 amide bonds. The SMILES string of the molecule is CCC(=O)OC1CCC(C)=CC2OC(=O)C(C)C2(O)C(OC(C)=O)C2C(C)(O)C(=O)C=CC12C. The third kappa shape index (κ3) is 4.09. The predicted octanol–water partition coefficient (Wildman–Crippen LogP) is 1.79. The Balaban J connectivity index is 2.34. The normalized spacial score (nSPS) is 42.1. The molecule has 0 saturated carbocycles. The zero-order chi connectivity index (χ0) is 25.6. The van der Waals surface area contributed by atoms with Crippen LogP contribution in [0.2, 0.25) is 0 Å². The summed E-state index contributed by atoms with van der Waals surface area (Å²) in [4.78, 5) is 50.2. The molecule has 1 aliphatic heterocycles. The Morgan fingerprint density at radius 3 is 2.44 bits per heavy atom. The first-order chi connectivity index (χ1) is 15.7. The summed E-state index contributed by atoms with van der Waals surface area (Å²) in [5.41, 5.74) is -4.69. The molecular weight excluding hydrogens is 444 g/mol. The topological polar surface area (TPSA) is 136 Å². The first-order valence-corrected chi connectivity index (χ1v) is 11.6. The van der Waals surface area contributed by atoms with Gasteiger partial charge in [-0.05, 0) is 45.8 Å². The van der Waals surface area contributed by atoms with Crippen molar-refractivity contribution in [3.63, 3.8) is 0 Å². The highest BCUT2D eigenvalue weighted by atomic mass is 16.6. The van der Waals surface area contributed by atoms with Gasteiger partial charge in [-0.15, -0.1) is 0 Å². The molecule has 0 aromatic heterocycles. The van der Waals surface area contributed by atoms with Gasteiger partial charge in [0.05, 0.1) is 5.92 Å². The van der Waals surface area contributed by atoms with Gasteiger partial charge >= 0.3 is 17.9 Å². The summed E-state index contributed by atoms with van der Waals surface area (Å²) in [6, 6.07) is 0. The molecule has 8 unspecified atom stereocenters. The number of esters is 3. The number of hydrogen-bond donors (Lipinski definition) is 2. The van der Waals surface area contributed by atoms with Crippen LogP contribution in [0, 0.1) is 17.3 Å². The van der Waals surface area contributed by atoms with Crippen molar-refractivity contribution in [1.82, 2.24) is 0 Å². The largest absolute Gasteiger partial charge is 0.461 e. The number of fused-ring (bicyclic) bond motifs is 2. The van der Waals surface area contributed by atoms with Gasteiger partial charge in [-0.1, -0.05) is 25.5 Å². The van der Waals surface area contributed by atoms with E-state index < -0.39 is 70.5 Å². The monoisotopic (exact) mass is 478 g/mol. The molecule has 2 N–H and O–H groups in total. The molecule has 0 bridgehead atoms. The summed E-state index contributed by atoms with van der Waals surface area (Å²) in [5.74, 6) is -5.00. The lowest BCUT2D eigenvalue weighted by atomic mass is 9.55. The smallest absolute Gasteiger partial charge is 0.312 e. The lowest BCUT2D eigenvalue weighted by Crippen LogP contribution is -2.68. The van der Waals surface area contributed by atoms with E-state index >= 15 is 0 Å². The average Bonchev–Trinajstić information content (AvgIpc) is 2.96. The third-order valence-corrected chi connectivity index (χ3v) is 7.66. The van der Waals surface area contributed by atoms with E-state index in [2.05, 4.69) is 0 Å². The van der Waals surface area contributed by atoms with Gasteiger partial charge in [0.2, 0.25) is 0 Å². The Kier molecular flexibility index (Phi) is 6.85. The van der Waals surface area contributed by atoms with Crippen molar-refractivity contribution in [2.24, 2.45) is 17.3 Å². The third-order valence-electron chi connectivity index (χ3n) is 7.66. The van der Waals surface area contributed by atoms with Crippen molar-refractivity contribution in [2.45, 2.75) is 90.3 Å². The molecule has 1 heterocycles. The van der Waals surface area contributed by atoms with Gasteiger partial charge < -0.3 is 24.4 Å². The van der Waals surface area contributed by atoms with E-state index in [9.17, 15) is 29.4 Å². The number of ketones is 1. The fourth-order valence-corrected chi connectivity index (χ4v) is 5.60. The maximum atomic E-state index is 12.9. The Bertz CT molecular complexity index is 948. The van der Waals surface area contributed by atoms with E-state index in [0.29, 0.717) is 12.8 Å². The van der Waals surface area contributed by atoms with E-state index in [1.54, 1.807) is 32.9 Å². The quantitative estimate of drug-likeness (QED) is 0.353. The van der Waals surface area contributed by atoms with Gasteiger partial charge in [-0.25, -0.2) is 0 Å². The highest BCUT2D eigenvalue weighted by molar-refractivity contribution is 5.98. The Labute approximate surface area is 199 Å². The minimum Gasteiger partial charge on any atom is -0.461 e. The molecule has 0 aromatic rings. The first kappa shape index (κ1) is 26.1. The molecule has 2 aliphatic carbocycles. The van der Waals surface area contributed by atoms with Crippen molar-refractivity contribution in [1.29, 1.82) is 0 Å². The molecule has 9 nitrogen and oxygen atoms in total. The summed E-state index contributed by atoms with van der Waals surface area (Å²) in [5, 5.41) is 23.6. The van der Waals surface area contributed by atoms with Gasteiger partial charge in [0.25, 0.3) is 0 Å². The second-order valence-corrected chi connectivity index (χ2v) is 10.1. The number of allylic oxidation sites excluding steroid dienone is 1. The summed E-state index contributed by atoms with van der Waals surface area (Å²) in [6.45, 7) is 9.03. The van der Waals surface area contributed by atoms with Crippen molar-refractivity contribution in [2.75, 3.05) is 0 Å². The molecule has 1 saturated heterocycles. The maximum absolute atomic E-state index is 12.9. The average molecular weight is 479 g/mol. The van der Waals surface area contributed by atoms with E-state index in [1.807, 2.05) is 0 Å². The Morgan fingerprint density at radius 1 is 1.21 bits per heavy atom. The lowest BCUT2D eigenvalue weighted by molar-refractivity contribution is -0.224. The highest BCUT2D eigenvalue weighted by Crippen LogP contribution is 2.54. The summed E-state index contributed by atoms with van der Waals surface area (Å²) in [7, 11) is 0. The summed E-state index contributed by atoms with van der Waals surface area (Å²) >= 11 is 0. The van der Waals surface area contributed by atoms with Crippen LogP contribution >= 0.6 is 0 Å². The number of rotatable bonds is 3. The Hall–Kier alpha value is -2.52. The van der Waals surface area contributed by atoms with Crippen LogP contribution in [-0.4, -0.2) is 63.4 Å². The van der Waals surface area contributed by atoms with E-state index in [0.717, 1.165) is 12.5 Å². The molecule has 3 aliphatic rings. The number of hydrogen-bond acceptors (Lipinski definition) is 9. The minimum absolute atomic E-state index is 0.115. The first-order valence-electron chi connectivity index (χ1n) is 11.6. The zero-order valence-electron chi connectivity index (χ0n) is 20.5. The van der Waals surface area contributed by atoms with Crippen LogP contribution in [0.25, 0.3) is 0 Å². The van der Waals surface area contributed by atoms with Crippen LogP contribution in [0.15, 0.2) is 23.8 Å². The van der Waals surface area contributed by atoms with Gasteiger partial charge in [0.1, 0.15) is 17.8 Å². The maximum Gasteiger partial charge on any atom is 0.312 e. The van der Waals surface area contributed by atoms with Gasteiger partial charge in [0.15, 0.2) is 17.5 Å². The standard InChI is InChI=1S/C25H34O9/c1-7-19(28)33-17-9-8-13(2)12-18-25(31,14(3)22(29)34-18)21(32-15(4)26)20-23(17,5)11-10-16(27)24(20,6)30/h10-12,14,17-18,20-21,30-31H,7-9H2,1-6H3. The molecule has 188 valence electrons. The van der Waals surface area contributed by atoms with Crippen LogP contribution in [-0.2, 0) is 33.4 Å². The minimum atomic E-state index is -2.12. The second kappa shape index (κ2) is 8.92. The molecule has 34 heavy (non-hydrogen) atoms. The van der Waals surface area contributed by atoms with E-state index in [-0.39, 0.29) is 6.42 Å². The van der Waals surface area contributed by atoms with Crippen molar-refractivity contribution < 1.29 is 43.6 Å². The van der Waals surface area contributed by atoms with Crippen molar-refractivity contribution in [3.8, 4) is 0 Å². The van der Waals surface area contributed by atoms with Crippen LogP contribution in [0.1, 0.15) is 60.8 Å². The van der Waals surface area contributed by atoms with Crippen molar-refractivity contribution in [3.05, 3.63) is 23.8 Å². The molecule has 0 spiro atoms. The predicted molar refractivity (Wildman–Crippen MR) is 119 cm³/mol. The molecule has 8 atom stereocenters. The van der Waals surface area contributed by atoms with Crippen LogP contribution in [0.5, 0.6) is 0 Å². The molecule has 0 aromatic carbocycles. The molecule has 0 radical (unpaired) electrons. The van der Waals surface area contributed by atoms with Crippen LogP contribution in [0.4, 0.5) is 0 Å². The summed E-state index contributed by atoms with van der Waals surface area (Å²) < 4.78 is 16.9. The van der Waals surface area contributed by atoms with E-state index in [1.165, 1.54) is 19.9 Å². The molecule has 9 heteroatoms. The van der Waals surface area contributed by atoms with Gasteiger partial charge in [-0.2, -0.15) is 0 Å². The Morgan fingerprint density at radius 2 is 1.85 bits per heavy atom. The highest BCUT2D eigenvalue weighted by Gasteiger charge is 2.68. The number of carbonyl (C=O) groups is 4. The van der Waals surface area contributed by atoms with Gasteiger partial charge in [-0.3, -0.25) is 19.2 Å². The fraction of sp³-hybridized carbons (Fsp3) is 0.680. The molecular formula is C25H34O9. The van der Waals surface area contributed by atoms with Gasteiger partial charge in [0, 0.05) is 24.7 Å². The van der Waals surface area contributed by atoms with E-state index in [4.69, 9.17) is 14.2 Å². The number of ether oxygens (including phenoxy) is 3. The van der Waals surface area contributed by atoms with Crippen molar-refractivity contribution >= 4 is 23.7 Å². The zero-order valence-corrected chi connectivity index (χ0v) is 20.5. The summed E-state index contributed by atoms with van der Waals surface area (Å²) in [6.07, 6.45) is 1.70. The second-order valence-electron chi connectivity index (χ2n) is 10.1.